The Bertz CT molecular complexity index is 614. The molecule has 0 bridgehead atoms. The molecule has 0 atom stereocenters. The van der Waals surface area contributed by atoms with Gasteiger partial charge < -0.3 is 4.74 Å². The summed E-state index contributed by atoms with van der Waals surface area (Å²) in [4.78, 5) is 0. The Hall–Kier alpha value is -1.42. The van der Waals surface area contributed by atoms with E-state index in [9.17, 15) is 8.78 Å². The van der Waals surface area contributed by atoms with E-state index in [1.807, 2.05) is 6.07 Å². The summed E-state index contributed by atoms with van der Waals surface area (Å²) in [7, 11) is 1.52. The molecule has 1 nitrogen and oxygen atoms in total. The molecule has 112 valence electrons. The maximum Gasteiger partial charge on any atom is 0.130 e. The van der Waals surface area contributed by atoms with Gasteiger partial charge in [-0.25, -0.2) is 8.78 Å². The van der Waals surface area contributed by atoms with Crippen molar-refractivity contribution in [3.05, 3.63) is 63.6 Å². The van der Waals surface area contributed by atoms with Crippen LogP contribution in [-0.2, 0) is 12.8 Å². The lowest BCUT2D eigenvalue weighted by molar-refractivity contribution is 0.410. The van der Waals surface area contributed by atoms with Gasteiger partial charge in [0.05, 0.1) is 7.11 Å². The molecule has 2 aromatic carbocycles. The molecule has 2 rings (SSSR count). The highest BCUT2D eigenvalue weighted by Crippen LogP contribution is 2.20. The molecule has 0 fully saturated rings. The average molecular weight is 355 g/mol. The van der Waals surface area contributed by atoms with Crippen molar-refractivity contribution in [2.45, 2.75) is 25.7 Å². The molecule has 0 saturated heterocycles. The molecule has 4 heteroatoms. The van der Waals surface area contributed by atoms with Crippen LogP contribution >= 0.6 is 15.9 Å². The minimum Gasteiger partial charge on any atom is -0.497 e. The molecular weight excluding hydrogens is 338 g/mol. The van der Waals surface area contributed by atoms with Crippen LogP contribution in [-0.4, -0.2) is 7.11 Å². The van der Waals surface area contributed by atoms with Crippen molar-refractivity contribution in [3.8, 4) is 5.75 Å². The Balaban J connectivity index is 1.84. The molecule has 0 radical (unpaired) electrons. The first-order valence-electron chi connectivity index (χ1n) is 6.86. The molecular formula is C17H17BrF2O. The third-order valence-electron chi connectivity index (χ3n) is 3.42. The summed E-state index contributed by atoms with van der Waals surface area (Å²) in [5.41, 5.74) is 1.38. The number of hydrogen-bond acceptors (Lipinski definition) is 1. The third-order valence-corrected chi connectivity index (χ3v) is 3.91. The Morgan fingerprint density at radius 3 is 2.00 bits per heavy atom. The van der Waals surface area contributed by atoms with E-state index in [-0.39, 0.29) is 11.6 Å². The zero-order valence-corrected chi connectivity index (χ0v) is 13.4. The summed E-state index contributed by atoms with van der Waals surface area (Å²) in [5, 5.41) is 0. The van der Waals surface area contributed by atoms with Gasteiger partial charge in [-0.1, -0.05) is 28.1 Å². The van der Waals surface area contributed by atoms with Gasteiger partial charge >= 0.3 is 0 Å². The maximum atomic E-state index is 13.8. The van der Waals surface area contributed by atoms with Crippen LogP contribution in [0.5, 0.6) is 5.75 Å². The molecule has 0 aliphatic carbocycles. The van der Waals surface area contributed by atoms with Crippen LogP contribution < -0.4 is 4.74 Å². The van der Waals surface area contributed by atoms with E-state index in [4.69, 9.17) is 4.74 Å². The predicted octanol–water partition coefficient (Wildman–Crippen LogP) is 5.30. The van der Waals surface area contributed by atoms with Crippen molar-refractivity contribution < 1.29 is 13.5 Å². The lowest BCUT2D eigenvalue weighted by Crippen LogP contribution is -1.95. The van der Waals surface area contributed by atoms with Crippen LogP contribution in [0.25, 0.3) is 0 Å². The number of rotatable bonds is 6. The smallest absolute Gasteiger partial charge is 0.130 e. The van der Waals surface area contributed by atoms with Gasteiger partial charge in [0.25, 0.3) is 0 Å². The van der Waals surface area contributed by atoms with E-state index >= 15 is 0 Å². The van der Waals surface area contributed by atoms with Crippen molar-refractivity contribution in [3.63, 3.8) is 0 Å². The molecule has 0 amide bonds. The van der Waals surface area contributed by atoms with Crippen LogP contribution in [0, 0.1) is 11.6 Å². The van der Waals surface area contributed by atoms with Crippen LogP contribution in [0.1, 0.15) is 24.0 Å². The fourth-order valence-corrected chi connectivity index (χ4v) is 2.55. The molecule has 0 aromatic heterocycles. The van der Waals surface area contributed by atoms with Gasteiger partial charge in [0, 0.05) is 10.5 Å². The number of unbranched alkanes of at least 4 members (excludes halogenated alkanes) is 1. The molecule has 2 aromatic rings. The highest BCUT2D eigenvalue weighted by atomic mass is 79.9. The van der Waals surface area contributed by atoms with Crippen molar-refractivity contribution in [1.82, 2.24) is 0 Å². The average Bonchev–Trinajstić information content (AvgIpc) is 2.46. The quantitative estimate of drug-likeness (QED) is 0.639. The topological polar surface area (TPSA) is 9.23 Å². The van der Waals surface area contributed by atoms with Crippen LogP contribution in [0.2, 0.25) is 0 Å². The van der Waals surface area contributed by atoms with E-state index in [0.29, 0.717) is 29.7 Å². The molecule has 0 aliphatic heterocycles. The Morgan fingerprint density at radius 2 is 1.48 bits per heavy atom. The number of ether oxygens (including phenoxy) is 1. The summed E-state index contributed by atoms with van der Waals surface area (Å²) >= 11 is 3.24. The Morgan fingerprint density at radius 1 is 0.905 bits per heavy atom. The number of benzene rings is 2. The first kappa shape index (κ1) is 16.0. The lowest BCUT2D eigenvalue weighted by atomic mass is 10.0. The van der Waals surface area contributed by atoms with E-state index in [1.54, 1.807) is 18.2 Å². The van der Waals surface area contributed by atoms with Gasteiger partial charge in [0.2, 0.25) is 0 Å². The Labute approximate surface area is 132 Å². The summed E-state index contributed by atoms with van der Waals surface area (Å²) < 4.78 is 33.1. The van der Waals surface area contributed by atoms with E-state index in [1.165, 1.54) is 19.2 Å². The molecule has 0 saturated carbocycles. The second kappa shape index (κ2) is 7.55. The SMILES string of the molecule is COc1ccc(CCCCc2ccc(Br)cc2F)c(F)c1. The zero-order chi connectivity index (χ0) is 15.2. The van der Waals surface area contributed by atoms with E-state index in [2.05, 4.69) is 15.9 Å². The summed E-state index contributed by atoms with van der Waals surface area (Å²) in [6, 6.07) is 9.98. The first-order chi connectivity index (χ1) is 10.1. The predicted molar refractivity (Wildman–Crippen MR) is 83.7 cm³/mol. The number of methoxy groups -OCH3 is 1. The van der Waals surface area contributed by atoms with E-state index < -0.39 is 0 Å². The fourth-order valence-electron chi connectivity index (χ4n) is 2.21. The summed E-state index contributed by atoms with van der Waals surface area (Å²) in [5.74, 6) is 0.0809. The normalized spacial score (nSPS) is 10.7. The van der Waals surface area contributed by atoms with Gasteiger partial charge in [-0.3, -0.25) is 0 Å². The largest absolute Gasteiger partial charge is 0.497 e. The van der Waals surface area contributed by atoms with Gasteiger partial charge in [-0.15, -0.1) is 0 Å². The first-order valence-corrected chi connectivity index (χ1v) is 7.66. The number of aryl methyl sites for hydroxylation is 2. The monoisotopic (exact) mass is 354 g/mol. The van der Waals surface area contributed by atoms with Crippen molar-refractivity contribution >= 4 is 15.9 Å². The lowest BCUT2D eigenvalue weighted by Gasteiger charge is -2.06. The molecule has 0 unspecified atom stereocenters. The second-order valence-corrected chi connectivity index (χ2v) is 5.82. The van der Waals surface area contributed by atoms with Crippen molar-refractivity contribution in [1.29, 1.82) is 0 Å². The highest BCUT2D eigenvalue weighted by Gasteiger charge is 2.05. The van der Waals surface area contributed by atoms with Gasteiger partial charge in [0.15, 0.2) is 0 Å². The Kier molecular flexibility index (Phi) is 5.74. The minimum absolute atomic E-state index is 0.194. The van der Waals surface area contributed by atoms with Gasteiger partial charge in [0.1, 0.15) is 17.4 Å². The molecule has 0 heterocycles. The maximum absolute atomic E-state index is 13.8. The minimum atomic E-state index is -0.246. The standard InChI is InChI=1S/C17H17BrF2O/c1-21-15-9-7-13(17(20)11-15)5-3-2-4-12-6-8-14(18)10-16(12)19/h6-11H,2-5H2,1H3. The van der Waals surface area contributed by atoms with Gasteiger partial charge in [-0.2, -0.15) is 0 Å². The van der Waals surface area contributed by atoms with Crippen molar-refractivity contribution in [2.24, 2.45) is 0 Å². The van der Waals surface area contributed by atoms with Crippen molar-refractivity contribution in [2.75, 3.05) is 7.11 Å². The van der Waals surface area contributed by atoms with Crippen LogP contribution in [0.15, 0.2) is 40.9 Å². The number of halogens is 3. The highest BCUT2D eigenvalue weighted by molar-refractivity contribution is 9.10. The van der Waals surface area contributed by atoms with Crippen LogP contribution in [0.3, 0.4) is 0 Å². The van der Waals surface area contributed by atoms with Crippen LogP contribution in [0.4, 0.5) is 8.78 Å². The zero-order valence-electron chi connectivity index (χ0n) is 11.8. The molecule has 0 spiro atoms. The second-order valence-electron chi connectivity index (χ2n) is 4.90. The molecule has 21 heavy (non-hydrogen) atoms. The molecule has 0 aliphatic rings. The third kappa shape index (κ3) is 4.53. The summed E-state index contributed by atoms with van der Waals surface area (Å²) in [6.45, 7) is 0. The van der Waals surface area contributed by atoms with Gasteiger partial charge in [-0.05, 0) is 55.0 Å². The summed E-state index contributed by atoms with van der Waals surface area (Å²) in [6.07, 6.45) is 2.95. The number of hydrogen-bond donors (Lipinski definition) is 0. The fraction of sp³-hybridized carbons (Fsp3) is 0.294. The van der Waals surface area contributed by atoms with E-state index in [0.717, 1.165) is 17.3 Å². The molecule has 0 N–H and O–H groups in total.